The van der Waals surface area contributed by atoms with Crippen LogP contribution in [0.25, 0.3) is 0 Å². The molecule has 0 aliphatic heterocycles. The largest absolute Gasteiger partial charge is 0.427 e. The molecule has 1 aromatic carbocycles. The number of thiophene rings is 1. The number of hydrogen-bond donors (Lipinski definition) is 0. The molecule has 2 rings (SSSR count). The van der Waals surface area contributed by atoms with Crippen molar-refractivity contribution in [3.63, 3.8) is 0 Å². The van der Waals surface area contributed by atoms with Gasteiger partial charge in [-0.25, -0.2) is 12.7 Å². The Kier molecular flexibility index (Phi) is 6.09. The van der Waals surface area contributed by atoms with E-state index in [4.69, 9.17) is 10.00 Å². The highest BCUT2D eigenvalue weighted by Crippen LogP contribution is 2.20. The lowest BCUT2D eigenvalue weighted by molar-refractivity contribution is -0.134. The van der Waals surface area contributed by atoms with Crippen molar-refractivity contribution >= 4 is 27.3 Å². The number of nitriles is 1. The Hall–Kier alpha value is -2.21. The molecule has 0 atom stereocenters. The van der Waals surface area contributed by atoms with Crippen LogP contribution >= 0.6 is 11.3 Å². The lowest BCUT2D eigenvalue weighted by Crippen LogP contribution is -2.28. The zero-order chi connectivity index (χ0) is 17.6. The SMILES string of the molecule is CN(CCCC(=O)Oc1ccc(C#N)cc1)S(=O)(=O)c1cccs1. The first-order valence-electron chi connectivity index (χ1n) is 7.14. The fourth-order valence-electron chi connectivity index (χ4n) is 1.91. The van der Waals surface area contributed by atoms with E-state index in [0.29, 0.717) is 17.7 Å². The average molecular weight is 364 g/mol. The molecule has 0 saturated heterocycles. The Labute approximate surface area is 145 Å². The van der Waals surface area contributed by atoms with Gasteiger partial charge < -0.3 is 4.74 Å². The quantitative estimate of drug-likeness (QED) is 0.557. The lowest BCUT2D eigenvalue weighted by Gasteiger charge is -2.15. The molecule has 0 unspecified atom stereocenters. The van der Waals surface area contributed by atoms with Gasteiger partial charge in [0.15, 0.2) is 0 Å². The highest BCUT2D eigenvalue weighted by atomic mass is 32.2. The van der Waals surface area contributed by atoms with E-state index in [1.807, 2.05) is 6.07 Å². The van der Waals surface area contributed by atoms with E-state index in [1.165, 1.54) is 11.4 Å². The molecule has 0 radical (unpaired) electrons. The number of ether oxygens (including phenoxy) is 1. The molecule has 6 nitrogen and oxygen atoms in total. The predicted molar refractivity (Wildman–Crippen MR) is 90.2 cm³/mol. The second kappa shape index (κ2) is 8.06. The number of nitrogens with zero attached hydrogens (tertiary/aromatic N) is 2. The Bertz CT molecular complexity index is 822. The van der Waals surface area contributed by atoms with Gasteiger partial charge in [-0.05, 0) is 42.1 Å². The third kappa shape index (κ3) is 4.64. The molecule has 1 aromatic heterocycles. The van der Waals surface area contributed by atoms with Crippen LogP contribution in [0.3, 0.4) is 0 Å². The minimum Gasteiger partial charge on any atom is -0.427 e. The zero-order valence-corrected chi connectivity index (χ0v) is 14.6. The average Bonchev–Trinajstić information content (AvgIpc) is 3.10. The number of carbonyl (C=O) groups is 1. The van der Waals surface area contributed by atoms with Crippen LogP contribution in [0.15, 0.2) is 46.0 Å². The first-order valence-corrected chi connectivity index (χ1v) is 9.46. The van der Waals surface area contributed by atoms with Crippen molar-refractivity contribution in [1.82, 2.24) is 4.31 Å². The van der Waals surface area contributed by atoms with Crippen LogP contribution in [-0.4, -0.2) is 32.3 Å². The molecule has 0 saturated carbocycles. The number of rotatable bonds is 7. The van der Waals surface area contributed by atoms with Crippen molar-refractivity contribution < 1.29 is 17.9 Å². The van der Waals surface area contributed by atoms with Gasteiger partial charge in [-0.1, -0.05) is 6.07 Å². The van der Waals surface area contributed by atoms with Gasteiger partial charge in [0.2, 0.25) is 0 Å². The molecule has 0 bridgehead atoms. The van der Waals surface area contributed by atoms with Gasteiger partial charge in [-0.3, -0.25) is 4.79 Å². The lowest BCUT2D eigenvalue weighted by atomic mass is 10.2. The molecule has 8 heteroatoms. The Balaban J connectivity index is 1.81. The molecule has 1 heterocycles. The van der Waals surface area contributed by atoms with Gasteiger partial charge in [-0.15, -0.1) is 11.3 Å². The van der Waals surface area contributed by atoms with Gasteiger partial charge in [0.05, 0.1) is 11.6 Å². The maximum atomic E-state index is 12.2. The summed E-state index contributed by atoms with van der Waals surface area (Å²) in [5.74, 6) is -0.0832. The van der Waals surface area contributed by atoms with Gasteiger partial charge in [0.1, 0.15) is 9.96 Å². The van der Waals surface area contributed by atoms with E-state index in [-0.39, 0.29) is 17.2 Å². The standard InChI is InChI=1S/C16H16N2O4S2/c1-18(24(20,21)16-5-3-11-23-16)10-2-4-15(19)22-14-8-6-13(12-17)7-9-14/h3,5-9,11H,2,4,10H2,1H3. The smallest absolute Gasteiger partial charge is 0.311 e. The summed E-state index contributed by atoms with van der Waals surface area (Å²) >= 11 is 1.16. The van der Waals surface area contributed by atoms with Crippen molar-refractivity contribution in [3.05, 3.63) is 47.3 Å². The Morgan fingerprint density at radius 3 is 2.58 bits per heavy atom. The Morgan fingerprint density at radius 2 is 2.00 bits per heavy atom. The molecule has 2 aromatic rings. The summed E-state index contributed by atoms with van der Waals surface area (Å²) < 4.78 is 31.1. The van der Waals surface area contributed by atoms with E-state index >= 15 is 0 Å². The van der Waals surface area contributed by atoms with Crippen molar-refractivity contribution in [2.75, 3.05) is 13.6 Å². The summed E-state index contributed by atoms with van der Waals surface area (Å²) in [7, 11) is -2.00. The third-order valence-electron chi connectivity index (χ3n) is 3.23. The predicted octanol–water partition coefficient (Wildman–Crippen LogP) is 2.63. The number of benzene rings is 1. The number of hydrogen-bond acceptors (Lipinski definition) is 6. The van der Waals surface area contributed by atoms with Crippen LogP contribution in [0.5, 0.6) is 5.75 Å². The first kappa shape index (κ1) is 18.1. The van der Waals surface area contributed by atoms with Gasteiger partial charge in [0, 0.05) is 20.0 Å². The van der Waals surface area contributed by atoms with Crippen LogP contribution < -0.4 is 4.74 Å². The number of esters is 1. The fourth-order valence-corrected chi connectivity index (χ4v) is 4.32. The highest BCUT2D eigenvalue weighted by Gasteiger charge is 2.21. The minimum atomic E-state index is -3.49. The summed E-state index contributed by atoms with van der Waals surface area (Å²) in [6, 6.07) is 11.4. The maximum Gasteiger partial charge on any atom is 0.311 e. The molecule has 24 heavy (non-hydrogen) atoms. The molecule has 0 N–H and O–H groups in total. The second-order valence-electron chi connectivity index (χ2n) is 4.97. The van der Waals surface area contributed by atoms with Crippen LogP contribution in [-0.2, 0) is 14.8 Å². The molecule has 0 aliphatic carbocycles. The number of sulfonamides is 1. The summed E-state index contributed by atoms with van der Waals surface area (Å²) in [5, 5.41) is 10.4. The van der Waals surface area contributed by atoms with E-state index in [2.05, 4.69) is 0 Å². The second-order valence-corrected chi connectivity index (χ2v) is 8.19. The van der Waals surface area contributed by atoms with Crippen LogP contribution in [0.4, 0.5) is 0 Å². The summed E-state index contributed by atoms with van der Waals surface area (Å²) in [5.41, 5.74) is 0.482. The van der Waals surface area contributed by atoms with Crippen molar-refractivity contribution in [1.29, 1.82) is 5.26 Å². The van der Waals surface area contributed by atoms with Gasteiger partial charge >= 0.3 is 5.97 Å². The number of carbonyl (C=O) groups excluding carboxylic acids is 1. The van der Waals surface area contributed by atoms with Crippen molar-refractivity contribution in [3.8, 4) is 11.8 Å². The monoisotopic (exact) mass is 364 g/mol. The maximum absolute atomic E-state index is 12.2. The van der Waals surface area contributed by atoms with E-state index in [9.17, 15) is 13.2 Å². The van der Waals surface area contributed by atoms with Gasteiger partial charge in [0.25, 0.3) is 10.0 Å². The normalized spacial score (nSPS) is 11.2. The van der Waals surface area contributed by atoms with Crippen LogP contribution in [0.1, 0.15) is 18.4 Å². The topological polar surface area (TPSA) is 87.5 Å². The molecule has 0 spiro atoms. The minimum absolute atomic E-state index is 0.101. The van der Waals surface area contributed by atoms with Crippen LogP contribution in [0, 0.1) is 11.3 Å². The Morgan fingerprint density at radius 1 is 1.29 bits per heavy atom. The molecule has 0 amide bonds. The third-order valence-corrected chi connectivity index (χ3v) is 6.46. The highest BCUT2D eigenvalue weighted by molar-refractivity contribution is 7.91. The summed E-state index contributed by atoms with van der Waals surface area (Å²) in [4.78, 5) is 11.8. The van der Waals surface area contributed by atoms with Crippen molar-refractivity contribution in [2.24, 2.45) is 0 Å². The van der Waals surface area contributed by atoms with Gasteiger partial charge in [-0.2, -0.15) is 5.26 Å². The molecule has 0 aliphatic rings. The van der Waals surface area contributed by atoms with Crippen molar-refractivity contribution in [2.45, 2.75) is 17.1 Å². The zero-order valence-electron chi connectivity index (χ0n) is 13.0. The molecular formula is C16H16N2O4S2. The van der Waals surface area contributed by atoms with E-state index < -0.39 is 16.0 Å². The summed E-state index contributed by atoms with van der Waals surface area (Å²) in [6.45, 7) is 0.225. The van der Waals surface area contributed by atoms with E-state index in [0.717, 1.165) is 11.3 Å². The van der Waals surface area contributed by atoms with E-state index in [1.54, 1.807) is 41.8 Å². The summed E-state index contributed by atoms with van der Waals surface area (Å²) in [6.07, 6.45) is 0.459. The van der Waals surface area contributed by atoms with Crippen LogP contribution in [0.2, 0.25) is 0 Å². The fraction of sp³-hybridized carbons (Fsp3) is 0.250. The molecule has 126 valence electrons. The molecule has 0 fully saturated rings. The molecular weight excluding hydrogens is 348 g/mol. The first-order chi connectivity index (χ1) is 11.4.